The molecule has 1 aliphatic rings. The second-order valence-electron chi connectivity index (χ2n) is 3.14. The van der Waals surface area contributed by atoms with E-state index in [0.29, 0.717) is 6.10 Å². The van der Waals surface area contributed by atoms with Gasteiger partial charge in [0.15, 0.2) is 0 Å². The lowest BCUT2D eigenvalue weighted by Gasteiger charge is -2.23. The van der Waals surface area contributed by atoms with Crippen molar-refractivity contribution in [3.63, 3.8) is 0 Å². The van der Waals surface area contributed by atoms with E-state index < -0.39 is 0 Å². The molecule has 1 atom stereocenters. The predicted octanol–water partition coefficient (Wildman–Crippen LogP) is -0.343. The molecule has 0 radical (unpaired) electrons. The largest absolute Gasteiger partial charge is 0.376 e. The lowest BCUT2D eigenvalue weighted by Crippen LogP contribution is -2.38. The number of nitrogens with one attached hydrogen (secondary N) is 1. The van der Waals surface area contributed by atoms with Gasteiger partial charge >= 0.3 is 0 Å². The minimum absolute atomic E-state index is 0.331. The quantitative estimate of drug-likeness (QED) is 0.694. The minimum Gasteiger partial charge on any atom is -0.376 e. The number of hydrogen-bond donors (Lipinski definition) is 1. The third-order valence-electron chi connectivity index (χ3n) is 2.15. The number of aromatic nitrogens is 3. The van der Waals surface area contributed by atoms with E-state index in [0.717, 1.165) is 32.7 Å². The summed E-state index contributed by atoms with van der Waals surface area (Å²) < 4.78 is 7.38. The molecular weight excluding hydrogens is 168 g/mol. The molecule has 0 saturated carbocycles. The number of ether oxygens (including phenoxy) is 1. The summed E-state index contributed by atoms with van der Waals surface area (Å²) in [7, 11) is 0. The Labute approximate surface area is 77.1 Å². The van der Waals surface area contributed by atoms with E-state index in [1.807, 2.05) is 4.68 Å². The van der Waals surface area contributed by atoms with Crippen LogP contribution in [0.1, 0.15) is 6.42 Å². The van der Waals surface area contributed by atoms with Crippen LogP contribution >= 0.6 is 0 Å². The summed E-state index contributed by atoms with van der Waals surface area (Å²) in [6.07, 6.45) is 4.62. The van der Waals surface area contributed by atoms with E-state index in [-0.39, 0.29) is 0 Å². The van der Waals surface area contributed by atoms with Crippen molar-refractivity contribution < 1.29 is 4.74 Å². The third-order valence-corrected chi connectivity index (χ3v) is 2.15. The van der Waals surface area contributed by atoms with Crippen molar-refractivity contribution in [3.05, 3.63) is 12.7 Å². The molecule has 1 N–H and O–H groups in total. The van der Waals surface area contributed by atoms with Crippen molar-refractivity contribution in [2.75, 3.05) is 19.7 Å². The fraction of sp³-hybridized carbons (Fsp3) is 0.750. The van der Waals surface area contributed by atoms with Gasteiger partial charge in [-0.3, -0.25) is 4.68 Å². The molecule has 1 aliphatic heterocycles. The predicted molar refractivity (Wildman–Crippen MR) is 47.2 cm³/mol. The second kappa shape index (κ2) is 4.34. The van der Waals surface area contributed by atoms with E-state index in [9.17, 15) is 0 Å². The number of nitrogens with zero attached hydrogens (tertiary/aromatic N) is 3. The van der Waals surface area contributed by atoms with Crippen molar-refractivity contribution in [1.29, 1.82) is 0 Å². The summed E-state index contributed by atoms with van der Waals surface area (Å²) in [5.41, 5.74) is 0. The minimum atomic E-state index is 0.331. The monoisotopic (exact) mass is 182 g/mol. The average molecular weight is 182 g/mol. The Morgan fingerprint density at radius 3 is 3.31 bits per heavy atom. The van der Waals surface area contributed by atoms with Gasteiger partial charge in [-0.15, -0.1) is 0 Å². The molecule has 5 nitrogen and oxygen atoms in total. The molecule has 0 aliphatic carbocycles. The molecule has 1 fully saturated rings. The van der Waals surface area contributed by atoms with Crippen molar-refractivity contribution in [2.24, 2.45) is 0 Å². The van der Waals surface area contributed by atoms with Crippen LogP contribution in [0.25, 0.3) is 0 Å². The molecule has 5 heteroatoms. The van der Waals surface area contributed by atoms with Gasteiger partial charge in [-0.1, -0.05) is 0 Å². The van der Waals surface area contributed by atoms with Gasteiger partial charge in [-0.05, 0) is 6.42 Å². The topological polar surface area (TPSA) is 52.0 Å². The summed E-state index contributed by atoms with van der Waals surface area (Å²) in [5.74, 6) is 0. The molecule has 1 saturated heterocycles. The number of morpholine rings is 1. The second-order valence-corrected chi connectivity index (χ2v) is 3.14. The standard InChI is InChI=1S/C8H14N4O/c1(3-12-7-10-6-11-12)8-5-9-2-4-13-8/h6-9H,1-5H2. The summed E-state index contributed by atoms with van der Waals surface area (Å²) in [4.78, 5) is 3.88. The fourth-order valence-corrected chi connectivity index (χ4v) is 1.43. The van der Waals surface area contributed by atoms with Crippen molar-refractivity contribution in [3.8, 4) is 0 Å². The van der Waals surface area contributed by atoms with Gasteiger partial charge in [0.2, 0.25) is 0 Å². The van der Waals surface area contributed by atoms with Crippen LogP contribution in [-0.2, 0) is 11.3 Å². The van der Waals surface area contributed by atoms with Gasteiger partial charge < -0.3 is 10.1 Å². The summed E-state index contributed by atoms with van der Waals surface area (Å²) in [6, 6.07) is 0. The number of hydrogen-bond acceptors (Lipinski definition) is 4. The van der Waals surface area contributed by atoms with Crippen LogP contribution < -0.4 is 5.32 Å². The zero-order valence-corrected chi connectivity index (χ0v) is 7.52. The molecule has 72 valence electrons. The molecule has 0 aromatic carbocycles. The highest BCUT2D eigenvalue weighted by atomic mass is 16.5. The van der Waals surface area contributed by atoms with Gasteiger partial charge in [0, 0.05) is 19.6 Å². The zero-order valence-electron chi connectivity index (χ0n) is 7.52. The summed E-state index contributed by atoms with van der Waals surface area (Å²) >= 11 is 0. The molecule has 1 aromatic rings. The maximum absolute atomic E-state index is 5.55. The first-order valence-electron chi connectivity index (χ1n) is 4.60. The molecule has 13 heavy (non-hydrogen) atoms. The Kier molecular flexibility index (Phi) is 2.89. The van der Waals surface area contributed by atoms with Crippen molar-refractivity contribution >= 4 is 0 Å². The van der Waals surface area contributed by atoms with Crippen molar-refractivity contribution in [2.45, 2.75) is 19.1 Å². The van der Waals surface area contributed by atoms with Gasteiger partial charge in [0.1, 0.15) is 12.7 Å². The SMILES string of the molecule is c1ncn(CCC2CNCCO2)n1. The van der Waals surface area contributed by atoms with E-state index in [4.69, 9.17) is 4.74 Å². The Balaban J connectivity index is 1.72. The molecule has 1 unspecified atom stereocenters. The summed E-state index contributed by atoms with van der Waals surface area (Å²) in [6.45, 7) is 3.63. The lowest BCUT2D eigenvalue weighted by atomic mass is 10.2. The van der Waals surface area contributed by atoms with E-state index >= 15 is 0 Å². The van der Waals surface area contributed by atoms with Crippen LogP contribution in [0.15, 0.2) is 12.7 Å². The van der Waals surface area contributed by atoms with Crippen LogP contribution in [0, 0.1) is 0 Å². The smallest absolute Gasteiger partial charge is 0.137 e. The highest BCUT2D eigenvalue weighted by molar-refractivity contribution is 4.67. The first-order chi connectivity index (χ1) is 6.45. The van der Waals surface area contributed by atoms with Gasteiger partial charge in [-0.25, -0.2) is 4.98 Å². The van der Waals surface area contributed by atoms with Crippen molar-refractivity contribution in [1.82, 2.24) is 20.1 Å². The molecule has 2 heterocycles. The normalized spacial score (nSPS) is 23.2. The molecular formula is C8H14N4O. The molecule has 1 aromatic heterocycles. The Hall–Kier alpha value is -0.940. The first kappa shape index (κ1) is 8.65. The summed E-state index contributed by atoms with van der Waals surface area (Å²) in [5, 5.41) is 7.32. The van der Waals surface area contributed by atoms with Crippen LogP contribution in [-0.4, -0.2) is 40.6 Å². The van der Waals surface area contributed by atoms with Gasteiger partial charge in [0.05, 0.1) is 12.7 Å². The Bertz CT molecular complexity index is 230. The number of rotatable bonds is 3. The van der Waals surface area contributed by atoms with Crippen LogP contribution in [0.4, 0.5) is 0 Å². The Morgan fingerprint density at radius 1 is 1.62 bits per heavy atom. The van der Waals surface area contributed by atoms with Crippen LogP contribution in [0.3, 0.4) is 0 Å². The van der Waals surface area contributed by atoms with Crippen LogP contribution in [0.2, 0.25) is 0 Å². The Morgan fingerprint density at radius 2 is 2.62 bits per heavy atom. The first-order valence-corrected chi connectivity index (χ1v) is 4.60. The highest BCUT2D eigenvalue weighted by Crippen LogP contribution is 2.02. The lowest BCUT2D eigenvalue weighted by molar-refractivity contribution is 0.0205. The average Bonchev–Trinajstić information content (AvgIpc) is 2.69. The maximum atomic E-state index is 5.55. The fourth-order valence-electron chi connectivity index (χ4n) is 1.43. The third kappa shape index (κ3) is 2.50. The van der Waals surface area contributed by atoms with Crippen LogP contribution in [0.5, 0.6) is 0 Å². The number of aryl methyl sites for hydroxylation is 1. The van der Waals surface area contributed by atoms with Gasteiger partial charge in [-0.2, -0.15) is 5.10 Å². The van der Waals surface area contributed by atoms with E-state index in [1.165, 1.54) is 0 Å². The molecule has 0 amide bonds. The van der Waals surface area contributed by atoms with E-state index in [1.54, 1.807) is 12.7 Å². The molecule has 0 bridgehead atoms. The maximum Gasteiger partial charge on any atom is 0.137 e. The highest BCUT2D eigenvalue weighted by Gasteiger charge is 2.12. The molecule has 2 rings (SSSR count). The molecule has 0 spiro atoms. The van der Waals surface area contributed by atoms with Gasteiger partial charge in [0.25, 0.3) is 0 Å². The zero-order chi connectivity index (χ0) is 8.93. The van der Waals surface area contributed by atoms with E-state index in [2.05, 4.69) is 15.4 Å².